The number of benzene rings is 3. The summed E-state index contributed by atoms with van der Waals surface area (Å²) in [6.07, 6.45) is 0.713. The summed E-state index contributed by atoms with van der Waals surface area (Å²) in [5, 5.41) is 9.06. The molecule has 0 aromatic heterocycles. The molecule has 1 unspecified atom stereocenters. The highest BCUT2D eigenvalue weighted by molar-refractivity contribution is 5.98. The van der Waals surface area contributed by atoms with Gasteiger partial charge in [0.25, 0.3) is 0 Å². The summed E-state index contributed by atoms with van der Waals surface area (Å²) < 4.78 is 14.6. The van der Waals surface area contributed by atoms with Crippen LogP contribution in [0.1, 0.15) is 27.0 Å². The molecular weight excluding hydrogens is 383 g/mol. The van der Waals surface area contributed by atoms with Crippen molar-refractivity contribution < 1.29 is 19.1 Å². The third-order valence-corrected chi connectivity index (χ3v) is 5.45. The molecule has 0 bridgehead atoms. The zero-order valence-electron chi connectivity index (χ0n) is 16.2. The molecule has 3 aromatic rings. The maximum absolute atomic E-state index is 14.6. The van der Waals surface area contributed by atoms with Gasteiger partial charge in [0.1, 0.15) is 5.82 Å². The monoisotopic (exact) mass is 404 g/mol. The Labute approximate surface area is 173 Å². The molecule has 0 spiro atoms. The number of nitrogens with two attached hydrogens (primary N) is 1. The SMILES string of the molecule is Nc1ccc(CN2C(=O)C(Cc3ccc(C(=O)O)cc3)Cc3c(F)cccc32)cc1. The number of carbonyl (C=O) groups is 2. The van der Waals surface area contributed by atoms with Crippen molar-refractivity contribution >= 4 is 23.3 Å². The Morgan fingerprint density at radius 2 is 1.70 bits per heavy atom. The maximum atomic E-state index is 14.6. The molecule has 1 aliphatic rings. The van der Waals surface area contributed by atoms with E-state index in [0.29, 0.717) is 36.3 Å². The summed E-state index contributed by atoms with van der Waals surface area (Å²) in [5.74, 6) is -1.83. The third kappa shape index (κ3) is 3.89. The first-order valence-corrected chi connectivity index (χ1v) is 9.68. The van der Waals surface area contributed by atoms with Gasteiger partial charge in [-0.05, 0) is 60.4 Å². The Bertz CT molecular complexity index is 1090. The van der Waals surface area contributed by atoms with Crippen LogP contribution >= 0.6 is 0 Å². The Kier molecular flexibility index (Phi) is 5.23. The van der Waals surface area contributed by atoms with Crippen molar-refractivity contribution in [3.05, 3.63) is 94.8 Å². The number of carboxylic acid groups (broad SMARTS) is 1. The van der Waals surface area contributed by atoms with Gasteiger partial charge in [0.15, 0.2) is 0 Å². The Balaban J connectivity index is 1.64. The Morgan fingerprint density at radius 1 is 1.03 bits per heavy atom. The first kappa shape index (κ1) is 19.6. The van der Waals surface area contributed by atoms with Crippen LogP contribution in [-0.4, -0.2) is 17.0 Å². The molecule has 3 N–H and O–H groups in total. The molecule has 1 heterocycles. The van der Waals surface area contributed by atoms with Crippen molar-refractivity contribution in [3.63, 3.8) is 0 Å². The highest BCUT2D eigenvalue weighted by Gasteiger charge is 2.34. The molecule has 1 amide bonds. The van der Waals surface area contributed by atoms with Crippen LogP contribution < -0.4 is 10.6 Å². The number of hydrogen-bond acceptors (Lipinski definition) is 3. The molecule has 1 aliphatic heterocycles. The number of hydrogen-bond donors (Lipinski definition) is 2. The lowest BCUT2D eigenvalue weighted by Crippen LogP contribution is -2.42. The van der Waals surface area contributed by atoms with Crippen LogP contribution in [0.15, 0.2) is 66.7 Å². The van der Waals surface area contributed by atoms with Crippen LogP contribution in [0.5, 0.6) is 0 Å². The number of rotatable bonds is 5. The molecule has 3 aromatic carbocycles. The number of amides is 1. The second kappa shape index (κ2) is 7.99. The van der Waals surface area contributed by atoms with Crippen molar-refractivity contribution in [2.75, 3.05) is 10.6 Å². The van der Waals surface area contributed by atoms with E-state index in [-0.39, 0.29) is 17.3 Å². The first-order valence-electron chi connectivity index (χ1n) is 9.68. The van der Waals surface area contributed by atoms with E-state index in [0.717, 1.165) is 11.1 Å². The van der Waals surface area contributed by atoms with Gasteiger partial charge in [-0.25, -0.2) is 9.18 Å². The molecule has 4 rings (SSSR count). The van der Waals surface area contributed by atoms with Crippen molar-refractivity contribution in [1.29, 1.82) is 0 Å². The number of fused-ring (bicyclic) bond motifs is 1. The molecule has 1 atom stereocenters. The van der Waals surface area contributed by atoms with Gasteiger partial charge < -0.3 is 15.7 Å². The molecule has 0 aliphatic carbocycles. The lowest BCUT2D eigenvalue weighted by Gasteiger charge is -2.34. The van der Waals surface area contributed by atoms with Gasteiger partial charge in [0.2, 0.25) is 5.91 Å². The number of anilines is 2. The van der Waals surface area contributed by atoms with Gasteiger partial charge >= 0.3 is 5.97 Å². The van der Waals surface area contributed by atoms with Gasteiger partial charge in [0, 0.05) is 17.2 Å². The van der Waals surface area contributed by atoms with Gasteiger partial charge in [0.05, 0.1) is 17.8 Å². The average molecular weight is 404 g/mol. The van der Waals surface area contributed by atoms with Gasteiger partial charge in [-0.1, -0.05) is 30.3 Å². The number of halogens is 1. The van der Waals surface area contributed by atoms with Gasteiger partial charge in [-0.2, -0.15) is 0 Å². The highest BCUT2D eigenvalue weighted by atomic mass is 19.1. The fourth-order valence-electron chi connectivity index (χ4n) is 3.87. The molecular formula is C24H21FN2O3. The number of nitrogen functional groups attached to an aromatic ring is 1. The van der Waals surface area contributed by atoms with Crippen LogP contribution in [0.3, 0.4) is 0 Å². The fraction of sp³-hybridized carbons (Fsp3) is 0.167. The number of carbonyl (C=O) groups excluding carboxylic acids is 1. The number of nitrogens with zero attached hydrogens (tertiary/aromatic N) is 1. The standard InChI is InChI=1S/C24H21FN2O3/c25-21-2-1-3-22-20(21)13-18(12-15-4-8-17(9-5-15)24(29)30)23(28)27(22)14-16-6-10-19(26)11-7-16/h1-11,18H,12-14,26H2,(H,29,30). The van der Waals surface area contributed by atoms with Crippen molar-refractivity contribution in [2.24, 2.45) is 5.92 Å². The number of carboxylic acids is 1. The normalized spacial score (nSPS) is 15.7. The average Bonchev–Trinajstić information content (AvgIpc) is 2.73. The van der Waals surface area contributed by atoms with E-state index in [1.807, 2.05) is 12.1 Å². The Morgan fingerprint density at radius 3 is 2.37 bits per heavy atom. The second-order valence-corrected chi connectivity index (χ2v) is 7.51. The van der Waals surface area contributed by atoms with Crippen LogP contribution in [-0.2, 0) is 24.2 Å². The maximum Gasteiger partial charge on any atom is 0.335 e. The van der Waals surface area contributed by atoms with Crippen molar-refractivity contribution in [2.45, 2.75) is 19.4 Å². The fourth-order valence-corrected chi connectivity index (χ4v) is 3.87. The zero-order chi connectivity index (χ0) is 21.3. The predicted molar refractivity (Wildman–Crippen MR) is 113 cm³/mol. The van der Waals surface area contributed by atoms with Gasteiger partial charge in [-0.15, -0.1) is 0 Å². The summed E-state index contributed by atoms with van der Waals surface area (Å²) >= 11 is 0. The largest absolute Gasteiger partial charge is 0.478 e. The molecule has 152 valence electrons. The van der Waals surface area contributed by atoms with E-state index < -0.39 is 11.9 Å². The zero-order valence-corrected chi connectivity index (χ0v) is 16.2. The van der Waals surface area contributed by atoms with Crippen LogP contribution in [0.2, 0.25) is 0 Å². The lowest BCUT2D eigenvalue weighted by molar-refractivity contribution is -0.123. The predicted octanol–water partition coefficient (Wildman–Crippen LogP) is 4.05. The van der Waals surface area contributed by atoms with Gasteiger partial charge in [-0.3, -0.25) is 4.79 Å². The van der Waals surface area contributed by atoms with Crippen LogP contribution in [0, 0.1) is 11.7 Å². The van der Waals surface area contributed by atoms with E-state index >= 15 is 0 Å². The van der Waals surface area contributed by atoms with E-state index in [4.69, 9.17) is 10.8 Å². The van der Waals surface area contributed by atoms with E-state index in [1.54, 1.807) is 41.3 Å². The molecule has 30 heavy (non-hydrogen) atoms. The molecule has 0 fully saturated rings. The van der Waals surface area contributed by atoms with Crippen LogP contribution in [0.4, 0.5) is 15.8 Å². The van der Waals surface area contributed by atoms with Crippen molar-refractivity contribution in [1.82, 2.24) is 0 Å². The summed E-state index contributed by atoms with van der Waals surface area (Å²) in [7, 11) is 0. The Hall–Kier alpha value is -3.67. The summed E-state index contributed by atoms with van der Waals surface area (Å²) in [4.78, 5) is 26.0. The third-order valence-electron chi connectivity index (χ3n) is 5.45. The molecule has 0 radical (unpaired) electrons. The smallest absolute Gasteiger partial charge is 0.335 e. The van der Waals surface area contributed by atoms with E-state index in [1.165, 1.54) is 18.2 Å². The minimum atomic E-state index is -0.999. The molecule has 5 nitrogen and oxygen atoms in total. The minimum absolute atomic E-state index is 0.0766. The quantitative estimate of drug-likeness (QED) is 0.629. The topological polar surface area (TPSA) is 83.6 Å². The van der Waals surface area contributed by atoms with Crippen LogP contribution in [0.25, 0.3) is 0 Å². The summed E-state index contributed by atoms with van der Waals surface area (Å²) in [5.41, 5.74) is 9.44. The number of aromatic carboxylic acids is 1. The molecule has 6 heteroatoms. The minimum Gasteiger partial charge on any atom is -0.478 e. The van der Waals surface area contributed by atoms with Crippen molar-refractivity contribution in [3.8, 4) is 0 Å². The highest BCUT2D eigenvalue weighted by Crippen LogP contribution is 2.35. The molecule has 0 saturated heterocycles. The lowest BCUT2D eigenvalue weighted by atomic mass is 9.86. The summed E-state index contributed by atoms with van der Waals surface area (Å²) in [6, 6.07) is 18.5. The molecule has 0 saturated carbocycles. The summed E-state index contributed by atoms with van der Waals surface area (Å²) in [6.45, 7) is 0.323. The first-order chi connectivity index (χ1) is 14.4. The van der Waals surface area contributed by atoms with E-state index in [9.17, 15) is 14.0 Å². The van der Waals surface area contributed by atoms with E-state index in [2.05, 4.69) is 0 Å². The second-order valence-electron chi connectivity index (χ2n) is 7.51.